The predicted octanol–water partition coefficient (Wildman–Crippen LogP) is 2.65. The number of carbonyl (C=O) groups is 2. The van der Waals surface area contributed by atoms with E-state index in [0.29, 0.717) is 23.9 Å². The molecule has 0 radical (unpaired) electrons. The Morgan fingerprint density at radius 2 is 2.05 bits per heavy atom. The van der Waals surface area contributed by atoms with Gasteiger partial charge in [0, 0.05) is 6.42 Å². The lowest BCUT2D eigenvalue weighted by atomic mass is 9.78. The molecule has 21 heavy (non-hydrogen) atoms. The molecule has 2 atom stereocenters. The lowest BCUT2D eigenvalue weighted by Crippen LogP contribution is -2.24. The largest absolute Gasteiger partial charge is 0.508 e. The SMILES string of the molecule is CC1CCCCC1CC(=O)Nc1ccc(O)cc1C(N)=O. The summed E-state index contributed by atoms with van der Waals surface area (Å²) in [6, 6.07) is 4.18. The van der Waals surface area contributed by atoms with Gasteiger partial charge in [0.2, 0.25) is 5.91 Å². The summed E-state index contributed by atoms with van der Waals surface area (Å²) >= 11 is 0. The summed E-state index contributed by atoms with van der Waals surface area (Å²) in [5, 5.41) is 12.1. The molecule has 0 spiro atoms. The van der Waals surface area contributed by atoms with Gasteiger partial charge in [-0.2, -0.15) is 0 Å². The van der Waals surface area contributed by atoms with Crippen LogP contribution in [0.1, 0.15) is 49.4 Å². The van der Waals surface area contributed by atoms with Crippen LogP contribution in [0.2, 0.25) is 0 Å². The fourth-order valence-electron chi connectivity index (χ4n) is 2.98. The minimum absolute atomic E-state index is 0.0531. The molecule has 5 heteroatoms. The maximum absolute atomic E-state index is 12.2. The number of amides is 2. The highest BCUT2D eigenvalue weighted by Crippen LogP contribution is 2.32. The first-order chi connectivity index (χ1) is 9.97. The van der Waals surface area contributed by atoms with E-state index < -0.39 is 5.91 Å². The molecule has 1 saturated carbocycles. The number of rotatable bonds is 4. The third-order valence-electron chi connectivity index (χ3n) is 4.28. The predicted molar refractivity (Wildman–Crippen MR) is 81.0 cm³/mol. The molecule has 0 saturated heterocycles. The highest BCUT2D eigenvalue weighted by atomic mass is 16.3. The van der Waals surface area contributed by atoms with E-state index in [2.05, 4.69) is 12.2 Å². The van der Waals surface area contributed by atoms with E-state index in [0.717, 1.165) is 6.42 Å². The lowest BCUT2D eigenvalue weighted by molar-refractivity contribution is -0.117. The van der Waals surface area contributed by atoms with Crippen LogP contribution >= 0.6 is 0 Å². The molecule has 1 aliphatic rings. The number of carbonyl (C=O) groups excluding carboxylic acids is 2. The summed E-state index contributed by atoms with van der Waals surface area (Å²) in [5.74, 6) is 0.115. The van der Waals surface area contributed by atoms with Crippen LogP contribution in [0.15, 0.2) is 18.2 Å². The lowest BCUT2D eigenvalue weighted by Gasteiger charge is -2.28. The molecule has 1 fully saturated rings. The van der Waals surface area contributed by atoms with E-state index in [-0.39, 0.29) is 17.2 Å². The first-order valence-corrected chi connectivity index (χ1v) is 7.40. The fraction of sp³-hybridized carbons (Fsp3) is 0.500. The molecule has 1 aliphatic carbocycles. The van der Waals surface area contributed by atoms with Crippen molar-refractivity contribution in [1.82, 2.24) is 0 Å². The number of nitrogens with two attached hydrogens (primary N) is 1. The zero-order valence-electron chi connectivity index (χ0n) is 12.3. The second kappa shape index (κ2) is 6.61. The van der Waals surface area contributed by atoms with Crippen molar-refractivity contribution < 1.29 is 14.7 Å². The van der Waals surface area contributed by atoms with Gasteiger partial charge in [-0.1, -0.05) is 26.2 Å². The first-order valence-electron chi connectivity index (χ1n) is 7.40. The number of hydrogen-bond acceptors (Lipinski definition) is 3. The van der Waals surface area contributed by atoms with Gasteiger partial charge in [-0.25, -0.2) is 0 Å². The molecule has 2 unspecified atom stereocenters. The van der Waals surface area contributed by atoms with Crippen LogP contribution in [-0.4, -0.2) is 16.9 Å². The van der Waals surface area contributed by atoms with E-state index in [4.69, 9.17) is 5.73 Å². The molecule has 1 aromatic carbocycles. The Morgan fingerprint density at radius 3 is 2.71 bits per heavy atom. The Balaban J connectivity index is 2.04. The maximum atomic E-state index is 12.2. The van der Waals surface area contributed by atoms with E-state index in [9.17, 15) is 14.7 Å². The average Bonchev–Trinajstić information content (AvgIpc) is 2.43. The van der Waals surface area contributed by atoms with Gasteiger partial charge >= 0.3 is 0 Å². The Bertz CT molecular complexity index is 542. The molecule has 5 nitrogen and oxygen atoms in total. The van der Waals surface area contributed by atoms with Gasteiger partial charge in [-0.15, -0.1) is 0 Å². The summed E-state index contributed by atoms with van der Waals surface area (Å²) in [5.41, 5.74) is 5.74. The summed E-state index contributed by atoms with van der Waals surface area (Å²) in [6.45, 7) is 2.19. The smallest absolute Gasteiger partial charge is 0.250 e. The number of nitrogens with one attached hydrogen (secondary N) is 1. The number of phenols is 1. The number of phenolic OH excluding ortho intramolecular Hbond substituents is 1. The maximum Gasteiger partial charge on any atom is 0.250 e. The number of benzene rings is 1. The Labute approximate surface area is 124 Å². The number of primary amides is 1. The van der Waals surface area contributed by atoms with Crippen molar-refractivity contribution in [2.45, 2.75) is 39.0 Å². The topological polar surface area (TPSA) is 92.4 Å². The fourth-order valence-corrected chi connectivity index (χ4v) is 2.98. The number of anilines is 1. The minimum Gasteiger partial charge on any atom is -0.508 e. The third-order valence-corrected chi connectivity index (χ3v) is 4.28. The van der Waals surface area contributed by atoms with Gasteiger partial charge in [-0.3, -0.25) is 9.59 Å². The zero-order valence-corrected chi connectivity index (χ0v) is 12.3. The summed E-state index contributed by atoms with van der Waals surface area (Å²) in [7, 11) is 0. The second-order valence-electron chi connectivity index (χ2n) is 5.87. The molecule has 0 heterocycles. The molecule has 2 amide bonds. The molecule has 0 bridgehead atoms. The Kier molecular flexibility index (Phi) is 4.83. The summed E-state index contributed by atoms with van der Waals surface area (Å²) < 4.78 is 0. The van der Waals surface area contributed by atoms with Crippen LogP contribution in [-0.2, 0) is 4.79 Å². The quantitative estimate of drug-likeness (QED) is 0.744. The van der Waals surface area contributed by atoms with Gasteiger partial charge in [-0.05, 0) is 36.5 Å². The highest BCUT2D eigenvalue weighted by Gasteiger charge is 2.24. The zero-order chi connectivity index (χ0) is 15.4. The first kappa shape index (κ1) is 15.4. The van der Waals surface area contributed by atoms with Crippen molar-refractivity contribution in [2.75, 3.05) is 5.32 Å². The van der Waals surface area contributed by atoms with Crippen molar-refractivity contribution in [3.8, 4) is 5.75 Å². The van der Waals surface area contributed by atoms with Crippen LogP contribution in [0.4, 0.5) is 5.69 Å². The number of hydrogen-bond donors (Lipinski definition) is 3. The van der Waals surface area contributed by atoms with Crippen molar-refractivity contribution in [2.24, 2.45) is 17.6 Å². The standard InChI is InChI=1S/C16H22N2O3/c1-10-4-2-3-5-11(10)8-15(20)18-14-7-6-12(19)9-13(14)16(17)21/h6-7,9-11,19H,2-5,8H2,1H3,(H2,17,21)(H,18,20). The van der Waals surface area contributed by atoms with Gasteiger partial charge in [0.25, 0.3) is 5.91 Å². The van der Waals surface area contributed by atoms with Gasteiger partial charge < -0.3 is 16.2 Å². The second-order valence-corrected chi connectivity index (χ2v) is 5.87. The van der Waals surface area contributed by atoms with Crippen LogP contribution < -0.4 is 11.1 Å². The van der Waals surface area contributed by atoms with Crippen LogP contribution in [0.5, 0.6) is 5.75 Å². The van der Waals surface area contributed by atoms with Gasteiger partial charge in [0.15, 0.2) is 0 Å². The van der Waals surface area contributed by atoms with E-state index >= 15 is 0 Å². The Hall–Kier alpha value is -2.04. The van der Waals surface area contributed by atoms with E-state index in [1.54, 1.807) is 0 Å². The molecular weight excluding hydrogens is 268 g/mol. The molecule has 114 valence electrons. The van der Waals surface area contributed by atoms with Crippen LogP contribution in [0.3, 0.4) is 0 Å². The average molecular weight is 290 g/mol. The van der Waals surface area contributed by atoms with Crippen LogP contribution in [0, 0.1) is 11.8 Å². The highest BCUT2D eigenvalue weighted by molar-refractivity contribution is 6.03. The van der Waals surface area contributed by atoms with E-state index in [1.165, 1.54) is 37.5 Å². The normalized spacial score (nSPS) is 21.8. The molecule has 0 aliphatic heterocycles. The van der Waals surface area contributed by atoms with Crippen molar-refractivity contribution in [3.05, 3.63) is 23.8 Å². The monoisotopic (exact) mass is 290 g/mol. The minimum atomic E-state index is -0.674. The molecular formula is C16H22N2O3. The van der Waals surface area contributed by atoms with Crippen LogP contribution in [0.25, 0.3) is 0 Å². The van der Waals surface area contributed by atoms with E-state index in [1.807, 2.05) is 0 Å². The van der Waals surface area contributed by atoms with Gasteiger partial charge in [0.05, 0.1) is 11.3 Å². The molecule has 0 aromatic heterocycles. The number of aromatic hydroxyl groups is 1. The van der Waals surface area contributed by atoms with Crippen molar-refractivity contribution in [3.63, 3.8) is 0 Å². The van der Waals surface area contributed by atoms with Crippen molar-refractivity contribution >= 4 is 17.5 Å². The Morgan fingerprint density at radius 1 is 1.33 bits per heavy atom. The molecule has 4 N–H and O–H groups in total. The molecule has 2 rings (SSSR count). The summed E-state index contributed by atoms with van der Waals surface area (Å²) in [4.78, 5) is 23.5. The summed E-state index contributed by atoms with van der Waals surface area (Å²) in [6.07, 6.45) is 5.12. The van der Waals surface area contributed by atoms with Gasteiger partial charge in [0.1, 0.15) is 5.75 Å². The molecule has 1 aromatic rings. The van der Waals surface area contributed by atoms with Crippen molar-refractivity contribution in [1.29, 1.82) is 0 Å². The third kappa shape index (κ3) is 3.97.